The summed E-state index contributed by atoms with van der Waals surface area (Å²) in [6.07, 6.45) is 1.80. The zero-order valence-electron chi connectivity index (χ0n) is 22.5. The number of aryl methyl sites for hydroxylation is 2. The minimum absolute atomic E-state index is 0.000836. The third-order valence-corrected chi connectivity index (χ3v) is 6.96. The van der Waals surface area contributed by atoms with Crippen molar-refractivity contribution in [2.24, 2.45) is 5.92 Å². The van der Waals surface area contributed by atoms with Crippen LogP contribution in [-0.4, -0.2) is 42.4 Å². The van der Waals surface area contributed by atoms with Crippen LogP contribution in [0.25, 0.3) is 0 Å². The predicted octanol–water partition coefficient (Wildman–Crippen LogP) is 5.49. The molecule has 6 nitrogen and oxygen atoms in total. The maximum Gasteiger partial charge on any atom is 0.310 e. The molecule has 4 rings (SSSR count). The monoisotopic (exact) mass is 512 g/mol. The first-order valence-corrected chi connectivity index (χ1v) is 13.3. The van der Waals surface area contributed by atoms with E-state index in [0.29, 0.717) is 31.8 Å². The van der Waals surface area contributed by atoms with Crippen LogP contribution < -0.4 is 4.90 Å². The zero-order chi connectivity index (χ0) is 27.1. The van der Waals surface area contributed by atoms with Gasteiger partial charge in [-0.05, 0) is 69.0 Å². The molecule has 3 aromatic carbocycles. The number of carbonyl (C=O) groups excluding carboxylic acids is 3. The maximum atomic E-state index is 13.6. The molecule has 1 atom stereocenters. The first kappa shape index (κ1) is 27.1. The van der Waals surface area contributed by atoms with Gasteiger partial charge in [0.05, 0.1) is 25.5 Å². The largest absolute Gasteiger partial charge is 0.466 e. The molecule has 0 aliphatic carbocycles. The SMILES string of the molecule is CCOC(=O)[C@H]1CCCN(C(=O)Cc2ccc(N(Cc3cccc(C)c3)C(=O)c3ccc(C)cc3)cc2)C1. The summed E-state index contributed by atoms with van der Waals surface area (Å²) in [6, 6.07) is 23.4. The van der Waals surface area contributed by atoms with Crippen molar-refractivity contribution in [1.29, 1.82) is 0 Å². The van der Waals surface area contributed by atoms with Gasteiger partial charge >= 0.3 is 5.97 Å². The fraction of sp³-hybridized carbons (Fsp3) is 0.344. The molecule has 0 spiro atoms. The highest BCUT2D eigenvalue weighted by molar-refractivity contribution is 6.06. The Morgan fingerprint density at radius 2 is 1.66 bits per heavy atom. The predicted molar refractivity (Wildman–Crippen MR) is 149 cm³/mol. The number of esters is 1. The van der Waals surface area contributed by atoms with Gasteiger partial charge in [-0.1, -0.05) is 59.7 Å². The Kier molecular flexibility index (Phi) is 8.95. The van der Waals surface area contributed by atoms with Crippen molar-refractivity contribution in [1.82, 2.24) is 4.90 Å². The molecule has 198 valence electrons. The van der Waals surface area contributed by atoms with Gasteiger partial charge in [0.1, 0.15) is 0 Å². The Morgan fingerprint density at radius 3 is 2.34 bits per heavy atom. The molecule has 1 saturated heterocycles. The first-order chi connectivity index (χ1) is 18.3. The van der Waals surface area contributed by atoms with E-state index in [1.54, 1.807) is 16.7 Å². The van der Waals surface area contributed by atoms with Gasteiger partial charge in [-0.15, -0.1) is 0 Å². The molecule has 1 aliphatic rings. The maximum absolute atomic E-state index is 13.6. The van der Waals surface area contributed by atoms with Crippen LogP contribution in [0, 0.1) is 19.8 Å². The second-order valence-electron chi connectivity index (χ2n) is 10.0. The lowest BCUT2D eigenvalue weighted by atomic mass is 9.97. The molecular formula is C32H36N2O4. The van der Waals surface area contributed by atoms with Gasteiger partial charge in [0.25, 0.3) is 5.91 Å². The molecule has 0 saturated carbocycles. The Balaban J connectivity index is 1.49. The van der Waals surface area contributed by atoms with E-state index in [0.717, 1.165) is 40.8 Å². The van der Waals surface area contributed by atoms with Crippen molar-refractivity contribution in [3.8, 4) is 0 Å². The average molecular weight is 513 g/mol. The van der Waals surface area contributed by atoms with Crippen molar-refractivity contribution in [3.63, 3.8) is 0 Å². The van der Waals surface area contributed by atoms with Crippen LogP contribution in [0.1, 0.15) is 52.4 Å². The second kappa shape index (κ2) is 12.5. The fourth-order valence-corrected chi connectivity index (χ4v) is 4.86. The normalized spacial score (nSPS) is 15.1. The van der Waals surface area contributed by atoms with Crippen LogP contribution in [-0.2, 0) is 27.3 Å². The molecule has 3 aromatic rings. The van der Waals surface area contributed by atoms with Gasteiger partial charge in [0.15, 0.2) is 0 Å². The highest BCUT2D eigenvalue weighted by atomic mass is 16.5. The standard InChI is InChI=1S/C32H36N2O4/c1-4-38-32(37)28-9-6-18-33(22-28)30(35)20-25-12-16-29(17-13-25)34(21-26-8-5-7-24(3)19-26)31(36)27-14-10-23(2)11-15-27/h5,7-8,10-17,19,28H,4,6,9,18,20-22H2,1-3H3/t28-/m0/s1. The minimum Gasteiger partial charge on any atom is -0.466 e. The fourth-order valence-electron chi connectivity index (χ4n) is 4.86. The van der Waals surface area contributed by atoms with Crippen molar-refractivity contribution in [2.75, 3.05) is 24.6 Å². The molecule has 38 heavy (non-hydrogen) atoms. The molecule has 0 unspecified atom stereocenters. The number of amides is 2. The molecule has 0 radical (unpaired) electrons. The first-order valence-electron chi connectivity index (χ1n) is 13.3. The molecule has 1 fully saturated rings. The van der Waals surface area contributed by atoms with E-state index in [1.165, 1.54) is 0 Å². The van der Waals surface area contributed by atoms with Gasteiger partial charge < -0.3 is 14.5 Å². The average Bonchev–Trinajstić information content (AvgIpc) is 2.92. The van der Waals surface area contributed by atoms with E-state index in [4.69, 9.17) is 4.74 Å². The van der Waals surface area contributed by atoms with Crippen molar-refractivity contribution >= 4 is 23.5 Å². The van der Waals surface area contributed by atoms with Crippen molar-refractivity contribution in [3.05, 3.63) is 101 Å². The summed E-state index contributed by atoms with van der Waals surface area (Å²) >= 11 is 0. The van der Waals surface area contributed by atoms with E-state index < -0.39 is 0 Å². The Bertz CT molecular complexity index is 1270. The highest BCUT2D eigenvalue weighted by Crippen LogP contribution is 2.23. The number of hydrogen-bond acceptors (Lipinski definition) is 4. The lowest BCUT2D eigenvalue weighted by Crippen LogP contribution is -2.43. The number of rotatable bonds is 8. The Morgan fingerprint density at radius 1 is 0.921 bits per heavy atom. The van der Waals surface area contributed by atoms with Crippen LogP contribution in [0.3, 0.4) is 0 Å². The smallest absolute Gasteiger partial charge is 0.310 e. The Labute approximate surface area is 225 Å². The van der Waals surface area contributed by atoms with E-state index in [1.807, 2.05) is 80.6 Å². The number of benzene rings is 3. The van der Waals surface area contributed by atoms with Crippen molar-refractivity contribution < 1.29 is 19.1 Å². The molecule has 0 aromatic heterocycles. The summed E-state index contributed by atoms with van der Waals surface area (Å²) in [6.45, 7) is 7.69. The van der Waals surface area contributed by atoms with Crippen LogP contribution in [0.4, 0.5) is 5.69 Å². The van der Waals surface area contributed by atoms with E-state index in [9.17, 15) is 14.4 Å². The third kappa shape index (κ3) is 6.88. The van der Waals surface area contributed by atoms with Crippen LogP contribution in [0.5, 0.6) is 0 Å². The summed E-state index contributed by atoms with van der Waals surface area (Å²) in [5.74, 6) is -0.549. The van der Waals surface area contributed by atoms with Gasteiger partial charge in [-0.25, -0.2) is 0 Å². The molecule has 1 heterocycles. The van der Waals surface area contributed by atoms with Gasteiger partial charge in [-0.2, -0.15) is 0 Å². The van der Waals surface area contributed by atoms with E-state index in [2.05, 4.69) is 6.07 Å². The second-order valence-corrected chi connectivity index (χ2v) is 10.0. The van der Waals surface area contributed by atoms with Gasteiger partial charge in [-0.3, -0.25) is 14.4 Å². The molecule has 6 heteroatoms. The van der Waals surface area contributed by atoms with Crippen LogP contribution >= 0.6 is 0 Å². The van der Waals surface area contributed by atoms with E-state index in [-0.39, 0.29) is 30.1 Å². The topological polar surface area (TPSA) is 66.9 Å². The molecule has 1 aliphatic heterocycles. The number of ether oxygens (including phenoxy) is 1. The lowest BCUT2D eigenvalue weighted by molar-refractivity contribution is -0.151. The summed E-state index contributed by atoms with van der Waals surface area (Å²) in [7, 11) is 0. The summed E-state index contributed by atoms with van der Waals surface area (Å²) in [5.41, 5.74) is 5.56. The number of piperidine rings is 1. The number of anilines is 1. The number of hydrogen-bond donors (Lipinski definition) is 0. The zero-order valence-corrected chi connectivity index (χ0v) is 22.5. The Hall–Kier alpha value is -3.93. The summed E-state index contributed by atoms with van der Waals surface area (Å²) < 4.78 is 5.16. The van der Waals surface area contributed by atoms with Crippen molar-refractivity contribution in [2.45, 2.75) is 46.6 Å². The minimum atomic E-state index is -0.252. The van der Waals surface area contributed by atoms with Crippen LogP contribution in [0.2, 0.25) is 0 Å². The highest BCUT2D eigenvalue weighted by Gasteiger charge is 2.29. The molecular weight excluding hydrogens is 476 g/mol. The molecule has 2 amide bonds. The van der Waals surface area contributed by atoms with Gasteiger partial charge in [0.2, 0.25) is 5.91 Å². The van der Waals surface area contributed by atoms with Gasteiger partial charge in [0, 0.05) is 24.3 Å². The lowest BCUT2D eigenvalue weighted by Gasteiger charge is -2.31. The van der Waals surface area contributed by atoms with Crippen LogP contribution in [0.15, 0.2) is 72.8 Å². The number of nitrogens with zero attached hydrogens (tertiary/aromatic N) is 2. The third-order valence-electron chi connectivity index (χ3n) is 6.96. The summed E-state index contributed by atoms with van der Waals surface area (Å²) in [5, 5.41) is 0. The number of carbonyl (C=O) groups is 3. The molecule has 0 bridgehead atoms. The van der Waals surface area contributed by atoms with E-state index >= 15 is 0 Å². The quantitative estimate of drug-likeness (QED) is 0.374. The molecule has 0 N–H and O–H groups in total. The summed E-state index contributed by atoms with van der Waals surface area (Å²) in [4.78, 5) is 42.3. The number of likely N-dealkylation sites (tertiary alicyclic amines) is 1.